The minimum atomic E-state index is -3.63. The number of aliphatic hydroxyl groups excluding tert-OH is 1. The molecular weight excluding hydrogens is 514 g/mol. The van der Waals surface area contributed by atoms with Crippen LogP contribution in [0.5, 0.6) is 0 Å². The van der Waals surface area contributed by atoms with Crippen LogP contribution in [0, 0.1) is 5.92 Å². The van der Waals surface area contributed by atoms with Crippen LogP contribution in [-0.4, -0.2) is 73.8 Å². The smallest absolute Gasteiger partial charge is 0.250 e. The predicted molar refractivity (Wildman–Crippen MR) is 155 cm³/mol. The van der Waals surface area contributed by atoms with Crippen molar-refractivity contribution in [3.05, 3.63) is 53.6 Å². The maximum Gasteiger partial charge on any atom is 0.250 e. The van der Waals surface area contributed by atoms with E-state index in [1.807, 2.05) is 35.2 Å². The summed E-state index contributed by atoms with van der Waals surface area (Å²) in [5, 5.41) is 9.25. The number of benzene rings is 2. The van der Waals surface area contributed by atoms with Crippen molar-refractivity contribution in [2.24, 2.45) is 22.4 Å². The Morgan fingerprint density at radius 1 is 1.10 bits per heavy atom. The highest BCUT2D eigenvalue weighted by Gasteiger charge is 2.36. The summed E-state index contributed by atoms with van der Waals surface area (Å²) in [7, 11) is -3.63. The number of hydrogen-bond acceptors (Lipinski definition) is 7. The van der Waals surface area contributed by atoms with Gasteiger partial charge in [-0.15, -0.1) is 0 Å². The Kier molecular flexibility index (Phi) is 9.55. The van der Waals surface area contributed by atoms with Crippen LogP contribution in [0.1, 0.15) is 44.6 Å². The molecule has 2 aliphatic heterocycles. The van der Waals surface area contributed by atoms with Crippen LogP contribution in [0.15, 0.2) is 57.9 Å². The number of nitrogens with two attached hydrogens (primary N) is 2. The highest BCUT2D eigenvalue weighted by atomic mass is 32.2. The largest absolute Gasteiger partial charge is 0.396 e. The van der Waals surface area contributed by atoms with E-state index in [0.717, 1.165) is 42.4 Å². The third kappa shape index (κ3) is 6.75. The summed E-state index contributed by atoms with van der Waals surface area (Å²) in [5.74, 6) is 0.329. The van der Waals surface area contributed by atoms with E-state index >= 15 is 0 Å². The normalized spacial score (nSPS) is 16.1. The number of sulfonamides is 1. The minimum absolute atomic E-state index is 0.00843. The first-order valence-electron chi connectivity index (χ1n) is 13.6. The molecule has 0 aliphatic carbocycles. The number of nitrogens with zero attached hydrogens (tertiary/aromatic N) is 3. The number of amides is 1. The molecule has 0 unspecified atom stereocenters. The van der Waals surface area contributed by atoms with Crippen LogP contribution in [-0.2, 0) is 14.8 Å². The summed E-state index contributed by atoms with van der Waals surface area (Å²) in [6.45, 7) is 4.71. The molecule has 4 rings (SSSR count). The van der Waals surface area contributed by atoms with Crippen molar-refractivity contribution in [2.45, 2.75) is 43.9 Å². The van der Waals surface area contributed by atoms with Crippen molar-refractivity contribution in [2.75, 3.05) is 39.3 Å². The van der Waals surface area contributed by atoms with E-state index in [4.69, 9.17) is 11.5 Å². The van der Waals surface area contributed by atoms with Crippen molar-refractivity contribution in [1.29, 1.82) is 0 Å². The summed E-state index contributed by atoms with van der Waals surface area (Å²) in [6.07, 6.45) is 5.85. The summed E-state index contributed by atoms with van der Waals surface area (Å²) in [4.78, 5) is 20.2. The third-order valence-electron chi connectivity index (χ3n) is 7.17. The van der Waals surface area contributed by atoms with Gasteiger partial charge in [0.1, 0.15) is 5.84 Å². The summed E-state index contributed by atoms with van der Waals surface area (Å²) >= 11 is 0. The zero-order valence-corrected chi connectivity index (χ0v) is 23.4. The van der Waals surface area contributed by atoms with Crippen LogP contribution in [0.2, 0.25) is 0 Å². The van der Waals surface area contributed by atoms with Gasteiger partial charge < -0.3 is 21.5 Å². The second-order valence-corrected chi connectivity index (χ2v) is 12.2. The van der Waals surface area contributed by atoms with E-state index in [2.05, 4.69) is 11.9 Å². The molecule has 2 aliphatic rings. The van der Waals surface area contributed by atoms with Gasteiger partial charge in [-0.05, 0) is 61.2 Å². The number of aliphatic hydroxyl groups is 1. The van der Waals surface area contributed by atoms with Crippen molar-refractivity contribution in [1.82, 2.24) is 9.21 Å². The molecule has 0 saturated carbocycles. The summed E-state index contributed by atoms with van der Waals surface area (Å²) in [6, 6.07) is 12.5. The molecule has 2 heterocycles. The molecule has 10 heteroatoms. The van der Waals surface area contributed by atoms with Gasteiger partial charge in [-0.25, -0.2) is 13.4 Å². The van der Waals surface area contributed by atoms with Gasteiger partial charge >= 0.3 is 0 Å². The van der Waals surface area contributed by atoms with Gasteiger partial charge in [0.05, 0.1) is 10.6 Å². The van der Waals surface area contributed by atoms with E-state index in [1.165, 1.54) is 4.31 Å². The zero-order chi connectivity index (χ0) is 28.0. The van der Waals surface area contributed by atoms with Crippen molar-refractivity contribution in [3.63, 3.8) is 0 Å². The van der Waals surface area contributed by atoms with Crippen LogP contribution in [0.25, 0.3) is 17.2 Å². The van der Waals surface area contributed by atoms with E-state index < -0.39 is 10.0 Å². The number of carbonyl (C=O) groups is 1. The molecule has 0 bridgehead atoms. The fourth-order valence-corrected chi connectivity index (χ4v) is 6.58. The number of aliphatic imine (C=N–C) groups is 1. The lowest BCUT2D eigenvalue weighted by atomic mass is 10.0. The molecule has 2 aromatic carbocycles. The molecule has 1 amide bonds. The second kappa shape index (κ2) is 12.9. The topological polar surface area (TPSA) is 142 Å². The third-order valence-corrected chi connectivity index (χ3v) is 9.00. The number of fused-ring (bicyclic) bond motifs is 1. The van der Waals surface area contributed by atoms with E-state index in [-0.39, 0.29) is 29.7 Å². The van der Waals surface area contributed by atoms with Gasteiger partial charge in [-0.2, -0.15) is 4.31 Å². The fourth-order valence-electron chi connectivity index (χ4n) is 4.94. The number of carbonyl (C=O) groups excluding carboxylic acids is 1. The second-order valence-electron chi connectivity index (χ2n) is 10.3. The van der Waals surface area contributed by atoms with Gasteiger partial charge in [0.25, 0.3) is 0 Å². The van der Waals surface area contributed by atoms with Crippen LogP contribution < -0.4 is 11.5 Å². The van der Waals surface area contributed by atoms with E-state index in [1.54, 1.807) is 18.2 Å². The zero-order valence-electron chi connectivity index (χ0n) is 22.6. The lowest BCUT2D eigenvalue weighted by Gasteiger charge is -2.36. The van der Waals surface area contributed by atoms with Gasteiger partial charge in [0.15, 0.2) is 0 Å². The SMILES string of the molecule is CCCN(CCCCCN)C(=O)C1=Cc2ccc(-c3cccc(S(=O)(=O)N4CC(CO)C4)c3)cc2N=C(N)C1. The molecule has 39 heavy (non-hydrogen) atoms. The lowest BCUT2D eigenvalue weighted by Crippen LogP contribution is -2.51. The van der Waals surface area contributed by atoms with Crippen LogP contribution >= 0.6 is 0 Å². The molecule has 2 aromatic rings. The Morgan fingerprint density at radius 3 is 2.59 bits per heavy atom. The summed E-state index contributed by atoms with van der Waals surface area (Å²) < 4.78 is 27.5. The van der Waals surface area contributed by atoms with Crippen molar-refractivity contribution in [3.8, 4) is 11.1 Å². The van der Waals surface area contributed by atoms with Gasteiger partial charge in [-0.1, -0.05) is 37.6 Å². The first-order valence-corrected chi connectivity index (χ1v) is 15.1. The molecule has 9 nitrogen and oxygen atoms in total. The maximum absolute atomic E-state index is 13.5. The number of amidine groups is 1. The molecule has 1 saturated heterocycles. The Bertz CT molecular complexity index is 1350. The quantitative estimate of drug-likeness (QED) is 0.345. The Hall–Kier alpha value is -3.05. The lowest BCUT2D eigenvalue weighted by molar-refractivity contribution is -0.127. The molecule has 0 radical (unpaired) electrons. The van der Waals surface area contributed by atoms with E-state index in [0.29, 0.717) is 49.8 Å². The number of hydrogen-bond donors (Lipinski definition) is 3. The highest BCUT2D eigenvalue weighted by molar-refractivity contribution is 7.89. The Morgan fingerprint density at radius 2 is 1.87 bits per heavy atom. The van der Waals surface area contributed by atoms with Crippen molar-refractivity contribution >= 4 is 33.5 Å². The number of rotatable bonds is 12. The average molecular weight is 554 g/mol. The van der Waals surface area contributed by atoms with Crippen molar-refractivity contribution < 1.29 is 18.3 Å². The van der Waals surface area contributed by atoms with Gasteiger partial charge in [0, 0.05) is 56.3 Å². The Labute approximate surface area is 231 Å². The van der Waals surface area contributed by atoms with Gasteiger partial charge in [-0.3, -0.25) is 4.79 Å². The monoisotopic (exact) mass is 553 g/mol. The minimum Gasteiger partial charge on any atom is -0.396 e. The van der Waals surface area contributed by atoms with Crippen LogP contribution in [0.3, 0.4) is 0 Å². The molecule has 1 fully saturated rings. The average Bonchev–Trinajstić information content (AvgIpc) is 3.06. The molecule has 5 N–H and O–H groups in total. The molecule has 210 valence electrons. The first-order chi connectivity index (χ1) is 18.8. The molecule has 0 atom stereocenters. The van der Waals surface area contributed by atoms with Crippen LogP contribution in [0.4, 0.5) is 5.69 Å². The Balaban J connectivity index is 1.58. The molecular formula is C29H39N5O4S. The molecule has 0 aromatic heterocycles. The fraction of sp³-hybridized carbons (Fsp3) is 0.448. The molecule has 0 spiro atoms. The van der Waals surface area contributed by atoms with E-state index in [9.17, 15) is 18.3 Å². The predicted octanol–water partition coefficient (Wildman–Crippen LogP) is 3.11. The van der Waals surface area contributed by atoms with Gasteiger partial charge in [0.2, 0.25) is 15.9 Å². The summed E-state index contributed by atoms with van der Waals surface area (Å²) in [5.41, 5.74) is 15.5. The first kappa shape index (κ1) is 28.9. The highest BCUT2D eigenvalue weighted by Crippen LogP contribution is 2.34. The standard InChI is InChI=1S/C29H39N5O4S/c1-2-12-33(13-5-3-4-11-30)29(36)25-14-24-10-9-23(16-27(24)32-28(31)17-25)22-7-6-8-26(15-22)39(37,38)34-18-21(19-34)20-35/h6-10,14-16,21,35H,2-5,11-13,17-20,30H2,1H3,(H2,31,32). The number of unbranched alkanes of at least 4 members (excludes halogenated alkanes) is 2. The maximum atomic E-state index is 13.5.